The van der Waals surface area contributed by atoms with Crippen molar-refractivity contribution >= 4 is 23.6 Å². The monoisotopic (exact) mass is 430 g/mol. The number of benzene rings is 1. The third-order valence-corrected chi connectivity index (χ3v) is 5.20. The number of nitro benzene ring substituents is 1. The van der Waals surface area contributed by atoms with Crippen LogP contribution in [0.25, 0.3) is 0 Å². The van der Waals surface area contributed by atoms with Crippen LogP contribution >= 0.6 is 0 Å². The minimum absolute atomic E-state index is 0.0459. The van der Waals surface area contributed by atoms with Gasteiger partial charge in [0.1, 0.15) is 12.7 Å². The van der Waals surface area contributed by atoms with Crippen LogP contribution in [0.15, 0.2) is 46.8 Å². The van der Waals surface area contributed by atoms with Gasteiger partial charge in [0.05, 0.1) is 29.1 Å². The normalized spacial score (nSPS) is 20.8. The molecule has 0 saturated carbocycles. The molecule has 0 spiro atoms. The Kier molecular flexibility index (Phi) is 6.38. The molecule has 2 aliphatic heterocycles. The van der Waals surface area contributed by atoms with Crippen LogP contribution in [0.3, 0.4) is 0 Å². The first kappa shape index (κ1) is 22.0. The molecule has 31 heavy (non-hydrogen) atoms. The zero-order valence-corrected chi connectivity index (χ0v) is 17.3. The molecule has 0 radical (unpaired) electrons. The van der Waals surface area contributed by atoms with E-state index in [4.69, 9.17) is 14.2 Å². The van der Waals surface area contributed by atoms with Crippen molar-refractivity contribution in [1.82, 2.24) is 5.32 Å². The number of dihydropyridines is 1. The van der Waals surface area contributed by atoms with Crippen molar-refractivity contribution < 1.29 is 33.5 Å². The van der Waals surface area contributed by atoms with E-state index in [1.807, 2.05) is 0 Å². The molecular formula is C21H22N2O8. The first-order valence-corrected chi connectivity index (χ1v) is 9.61. The van der Waals surface area contributed by atoms with Gasteiger partial charge in [-0.15, -0.1) is 0 Å². The average Bonchev–Trinajstić information content (AvgIpc) is 3.16. The maximum atomic E-state index is 13.1. The second-order valence-corrected chi connectivity index (χ2v) is 7.19. The van der Waals surface area contributed by atoms with Gasteiger partial charge in [0.25, 0.3) is 5.69 Å². The van der Waals surface area contributed by atoms with Crippen molar-refractivity contribution in [2.75, 3.05) is 13.7 Å². The Labute approximate surface area is 178 Å². The van der Waals surface area contributed by atoms with Gasteiger partial charge in [0, 0.05) is 29.4 Å². The number of nitrogens with zero attached hydrogens (tertiary/aromatic N) is 1. The second-order valence-electron chi connectivity index (χ2n) is 7.19. The molecule has 1 N–H and O–H groups in total. The fourth-order valence-electron chi connectivity index (χ4n) is 3.80. The fourth-order valence-corrected chi connectivity index (χ4v) is 3.80. The number of nitro groups is 1. The summed E-state index contributed by atoms with van der Waals surface area (Å²) in [6.07, 6.45) is 0.136. The molecule has 1 aromatic rings. The molecule has 1 saturated heterocycles. The van der Waals surface area contributed by atoms with E-state index in [2.05, 4.69) is 5.32 Å². The first-order chi connectivity index (χ1) is 14.7. The summed E-state index contributed by atoms with van der Waals surface area (Å²) < 4.78 is 15.3. The Balaban J connectivity index is 2.04. The van der Waals surface area contributed by atoms with Gasteiger partial charge in [-0.3, -0.25) is 14.9 Å². The van der Waals surface area contributed by atoms with Crippen LogP contribution in [0.4, 0.5) is 5.69 Å². The lowest BCUT2D eigenvalue weighted by Crippen LogP contribution is -2.33. The van der Waals surface area contributed by atoms with Crippen molar-refractivity contribution in [1.29, 1.82) is 0 Å². The number of carbonyl (C=O) groups excluding carboxylic acids is 3. The summed E-state index contributed by atoms with van der Waals surface area (Å²) in [6.45, 7) is 3.09. The lowest BCUT2D eigenvalue weighted by atomic mass is 9.79. The molecule has 10 heteroatoms. The highest BCUT2D eigenvalue weighted by Gasteiger charge is 2.41. The Bertz CT molecular complexity index is 1010. The van der Waals surface area contributed by atoms with Crippen LogP contribution in [-0.2, 0) is 28.6 Å². The molecule has 1 aromatic carbocycles. The molecule has 2 atom stereocenters. The van der Waals surface area contributed by atoms with Crippen LogP contribution in [0.5, 0.6) is 0 Å². The number of methoxy groups -OCH3 is 1. The summed E-state index contributed by atoms with van der Waals surface area (Å²) in [5.74, 6) is -2.94. The van der Waals surface area contributed by atoms with Crippen molar-refractivity contribution in [2.24, 2.45) is 0 Å². The number of esters is 3. The topological polar surface area (TPSA) is 134 Å². The highest BCUT2D eigenvalue weighted by Crippen LogP contribution is 2.42. The number of rotatable bonds is 6. The number of hydrogen-bond acceptors (Lipinski definition) is 9. The van der Waals surface area contributed by atoms with Gasteiger partial charge in [-0.2, -0.15) is 0 Å². The molecule has 0 amide bonds. The zero-order chi connectivity index (χ0) is 22.7. The van der Waals surface area contributed by atoms with Crippen LogP contribution in [-0.4, -0.2) is 42.7 Å². The Hall–Kier alpha value is -3.69. The molecule has 2 unspecified atom stereocenters. The van der Waals surface area contributed by atoms with E-state index in [1.165, 1.54) is 25.3 Å². The Morgan fingerprint density at radius 1 is 1.19 bits per heavy atom. The lowest BCUT2D eigenvalue weighted by molar-refractivity contribution is -0.385. The van der Waals surface area contributed by atoms with Gasteiger partial charge in [-0.1, -0.05) is 18.2 Å². The number of nitrogens with one attached hydrogen (secondary N) is 1. The van der Waals surface area contributed by atoms with Crippen LogP contribution in [0.2, 0.25) is 0 Å². The summed E-state index contributed by atoms with van der Waals surface area (Å²) >= 11 is 0. The Morgan fingerprint density at radius 3 is 2.42 bits per heavy atom. The summed E-state index contributed by atoms with van der Waals surface area (Å²) in [7, 11) is 1.19. The second kappa shape index (κ2) is 8.99. The molecule has 0 aromatic heterocycles. The van der Waals surface area contributed by atoms with E-state index < -0.39 is 28.9 Å². The highest BCUT2D eigenvalue weighted by molar-refractivity contribution is 6.00. The van der Waals surface area contributed by atoms with E-state index in [0.717, 1.165) is 0 Å². The fraction of sp³-hybridized carbons (Fsp3) is 0.381. The minimum atomic E-state index is -1.08. The third-order valence-electron chi connectivity index (χ3n) is 5.20. The van der Waals surface area contributed by atoms with Gasteiger partial charge in [0.15, 0.2) is 0 Å². The van der Waals surface area contributed by atoms with Gasteiger partial charge in [-0.05, 0) is 20.3 Å². The third kappa shape index (κ3) is 4.42. The van der Waals surface area contributed by atoms with E-state index >= 15 is 0 Å². The highest BCUT2D eigenvalue weighted by atomic mass is 16.6. The van der Waals surface area contributed by atoms with Crippen molar-refractivity contribution in [3.05, 3.63) is 62.5 Å². The molecule has 0 aliphatic carbocycles. The molecule has 10 nitrogen and oxygen atoms in total. The summed E-state index contributed by atoms with van der Waals surface area (Å²) in [4.78, 5) is 48.0. The molecular weight excluding hydrogens is 408 g/mol. The van der Waals surface area contributed by atoms with Crippen LogP contribution < -0.4 is 5.32 Å². The maximum absolute atomic E-state index is 13.1. The van der Waals surface area contributed by atoms with Gasteiger partial charge < -0.3 is 19.5 Å². The van der Waals surface area contributed by atoms with E-state index in [1.54, 1.807) is 19.9 Å². The number of allylic oxidation sites excluding steroid dienone is 2. The lowest BCUT2D eigenvalue weighted by Gasteiger charge is -2.30. The first-order valence-electron chi connectivity index (χ1n) is 9.61. The van der Waals surface area contributed by atoms with Crippen molar-refractivity contribution in [3.63, 3.8) is 0 Å². The smallest absolute Gasteiger partial charge is 0.336 e. The predicted octanol–water partition coefficient (Wildman–Crippen LogP) is 2.25. The summed E-state index contributed by atoms with van der Waals surface area (Å²) in [5, 5.41) is 14.6. The van der Waals surface area contributed by atoms with Gasteiger partial charge >= 0.3 is 17.9 Å². The molecule has 2 aliphatic rings. The number of cyclic esters (lactones) is 1. The molecule has 2 heterocycles. The molecule has 3 rings (SSSR count). The minimum Gasteiger partial charge on any atom is -0.466 e. The quantitative estimate of drug-likeness (QED) is 0.312. The average molecular weight is 430 g/mol. The van der Waals surface area contributed by atoms with E-state index in [0.29, 0.717) is 17.8 Å². The standard InChI is InChI=1S/C21H22N2O8/c1-11-17(20(25)29-3)19(14-6-4-5-7-15(14)23(27)28)18(12(2)22-11)21(26)30-10-13-8-9-16(24)31-13/h4-7,13,19,22H,8-10H2,1-3H3. The maximum Gasteiger partial charge on any atom is 0.336 e. The predicted molar refractivity (Wildman–Crippen MR) is 106 cm³/mol. The van der Waals surface area contributed by atoms with Gasteiger partial charge in [-0.25, -0.2) is 9.59 Å². The SMILES string of the molecule is COC(=O)C1=C(C)NC(C)=C(C(=O)OCC2CCC(=O)O2)C1c1ccccc1[N+](=O)[O-]. The number of para-hydroxylation sites is 1. The summed E-state index contributed by atoms with van der Waals surface area (Å²) in [6, 6.07) is 5.88. The Morgan fingerprint density at radius 2 is 1.84 bits per heavy atom. The van der Waals surface area contributed by atoms with E-state index in [9.17, 15) is 24.5 Å². The number of ether oxygens (including phenoxy) is 3. The van der Waals surface area contributed by atoms with Gasteiger partial charge in [0.2, 0.25) is 0 Å². The molecule has 164 valence electrons. The largest absolute Gasteiger partial charge is 0.466 e. The summed E-state index contributed by atoms with van der Waals surface area (Å²) in [5.41, 5.74) is 0.834. The zero-order valence-electron chi connectivity index (χ0n) is 17.3. The number of hydrogen-bond donors (Lipinski definition) is 1. The van der Waals surface area contributed by atoms with E-state index in [-0.39, 0.29) is 41.4 Å². The van der Waals surface area contributed by atoms with Crippen LogP contribution in [0.1, 0.15) is 38.2 Å². The van der Waals surface area contributed by atoms with Crippen molar-refractivity contribution in [2.45, 2.75) is 38.7 Å². The molecule has 0 bridgehead atoms. The van der Waals surface area contributed by atoms with Crippen LogP contribution in [0, 0.1) is 10.1 Å². The van der Waals surface area contributed by atoms with Crippen molar-refractivity contribution in [3.8, 4) is 0 Å². The number of carbonyl (C=O) groups is 3. The molecule has 1 fully saturated rings.